The molecule has 0 aliphatic heterocycles. The van der Waals surface area contributed by atoms with Crippen molar-refractivity contribution in [3.63, 3.8) is 0 Å². The fourth-order valence-corrected chi connectivity index (χ4v) is 3.33. The predicted molar refractivity (Wildman–Crippen MR) is 132 cm³/mol. The van der Waals surface area contributed by atoms with E-state index >= 15 is 0 Å². The summed E-state index contributed by atoms with van der Waals surface area (Å²) in [5, 5.41) is 7.02. The van der Waals surface area contributed by atoms with Gasteiger partial charge in [-0.1, -0.05) is 48.5 Å². The van der Waals surface area contributed by atoms with Crippen molar-refractivity contribution >= 4 is 18.0 Å². The number of carbonyl (C=O) groups is 2. The lowest BCUT2D eigenvalue weighted by Gasteiger charge is -2.18. The Hall–Kier alpha value is -4.13. The normalized spacial score (nSPS) is 11.6. The van der Waals surface area contributed by atoms with Crippen LogP contribution in [0, 0.1) is 0 Å². The fraction of sp³-hybridized carbons (Fsp3) is 0.222. The number of amides is 2. The van der Waals surface area contributed by atoms with Crippen LogP contribution in [0.25, 0.3) is 0 Å². The maximum Gasteiger partial charge on any atom is 0.251 e. The first-order chi connectivity index (χ1) is 16.6. The molecule has 0 heterocycles. The molecule has 0 fully saturated rings. The van der Waals surface area contributed by atoms with Gasteiger partial charge in [-0.3, -0.25) is 9.59 Å². The minimum absolute atomic E-state index is 0.0351. The Balaban J connectivity index is 1.66. The second kappa shape index (κ2) is 12.8. The van der Waals surface area contributed by atoms with E-state index in [-0.39, 0.29) is 18.2 Å². The van der Waals surface area contributed by atoms with Crippen LogP contribution in [0.15, 0.2) is 84.0 Å². The van der Waals surface area contributed by atoms with Crippen molar-refractivity contribution in [3.8, 4) is 11.5 Å². The first-order valence-corrected chi connectivity index (χ1v) is 11.2. The van der Waals surface area contributed by atoms with Crippen LogP contribution in [0.4, 0.5) is 0 Å². The fourth-order valence-electron chi connectivity index (χ4n) is 3.33. The number of benzene rings is 3. The first-order valence-electron chi connectivity index (χ1n) is 11.2. The monoisotopic (exact) mass is 459 g/mol. The van der Waals surface area contributed by atoms with Crippen LogP contribution in [0.3, 0.4) is 0 Å². The van der Waals surface area contributed by atoms with Gasteiger partial charge in [0, 0.05) is 5.56 Å². The van der Waals surface area contributed by atoms with Crippen molar-refractivity contribution in [1.29, 1.82) is 0 Å². The van der Waals surface area contributed by atoms with E-state index in [1.807, 2.05) is 62.4 Å². The van der Waals surface area contributed by atoms with Crippen molar-refractivity contribution in [2.75, 3.05) is 13.2 Å². The van der Waals surface area contributed by atoms with Crippen LogP contribution in [0.2, 0.25) is 0 Å². The Morgan fingerprint density at radius 2 is 1.53 bits per heavy atom. The molecule has 0 aliphatic carbocycles. The van der Waals surface area contributed by atoms with Gasteiger partial charge in [-0.15, -0.1) is 0 Å². The van der Waals surface area contributed by atoms with Crippen LogP contribution in [0.5, 0.6) is 11.5 Å². The SMILES string of the molecule is CCOc1ccc(/C=N\NC(=O)C[C@H](NC(=O)c2ccccc2)c2ccccc2)cc1OCC. The van der Waals surface area contributed by atoms with Crippen molar-refractivity contribution in [2.24, 2.45) is 5.10 Å². The minimum Gasteiger partial charge on any atom is -0.490 e. The van der Waals surface area contributed by atoms with Gasteiger partial charge < -0.3 is 14.8 Å². The lowest BCUT2D eigenvalue weighted by Crippen LogP contribution is -2.32. The number of hydrogen-bond donors (Lipinski definition) is 2. The molecule has 3 aromatic rings. The molecule has 0 unspecified atom stereocenters. The predicted octanol–water partition coefficient (Wildman–Crippen LogP) is 4.50. The molecule has 0 radical (unpaired) electrons. The van der Waals surface area contributed by atoms with Gasteiger partial charge in [-0.2, -0.15) is 5.10 Å². The van der Waals surface area contributed by atoms with Gasteiger partial charge in [0.05, 0.1) is 31.9 Å². The quantitative estimate of drug-likeness (QED) is 0.327. The van der Waals surface area contributed by atoms with Crippen LogP contribution in [0.1, 0.15) is 47.8 Å². The van der Waals surface area contributed by atoms with Crippen LogP contribution in [-0.2, 0) is 4.79 Å². The van der Waals surface area contributed by atoms with Crippen molar-refractivity contribution < 1.29 is 19.1 Å². The standard InChI is InChI=1S/C27H29N3O4/c1-3-33-24-16-15-20(17-25(24)34-4-2)19-28-30-26(31)18-23(21-11-7-5-8-12-21)29-27(32)22-13-9-6-10-14-22/h5-17,19,23H,3-4,18H2,1-2H3,(H,29,32)(H,30,31)/b28-19-/t23-/m0/s1. The van der Waals surface area contributed by atoms with Gasteiger partial charge >= 0.3 is 0 Å². The molecule has 176 valence electrons. The molecule has 3 aromatic carbocycles. The Morgan fingerprint density at radius 3 is 2.21 bits per heavy atom. The summed E-state index contributed by atoms with van der Waals surface area (Å²) in [5.74, 6) is 0.704. The van der Waals surface area contributed by atoms with E-state index in [0.717, 1.165) is 11.1 Å². The maximum absolute atomic E-state index is 12.7. The molecule has 0 saturated heterocycles. The highest BCUT2D eigenvalue weighted by molar-refractivity contribution is 5.94. The zero-order valence-electron chi connectivity index (χ0n) is 19.4. The highest BCUT2D eigenvalue weighted by Gasteiger charge is 2.19. The lowest BCUT2D eigenvalue weighted by atomic mass is 10.0. The average molecular weight is 460 g/mol. The summed E-state index contributed by atoms with van der Waals surface area (Å²) in [4.78, 5) is 25.3. The van der Waals surface area contributed by atoms with Gasteiger partial charge in [0.1, 0.15) is 0 Å². The van der Waals surface area contributed by atoms with Crippen molar-refractivity contribution in [1.82, 2.24) is 10.7 Å². The summed E-state index contributed by atoms with van der Waals surface area (Å²) in [6.07, 6.45) is 1.57. The van der Waals surface area contributed by atoms with Crippen LogP contribution >= 0.6 is 0 Å². The number of rotatable bonds is 11. The summed E-state index contributed by atoms with van der Waals surface area (Å²) >= 11 is 0. The molecule has 1 atom stereocenters. The highest BCUT2D eigenvalue weighted by Crippen LogP contribution is 2.28. The molecule has 3 rings (SSSR count). The van der Waals surface area contributed by atoms with E-state index in [1.54, 1.807) is 30.3 Å². The van der Waals surface area contributed by atoms with Crippen LogP contribution < -0.4 is 20.2 Å². The topological polar surface area (TPSA) is 89.0 Å². The Kier molecular flexibility index (Phi) is 9.22. The largest absolute Gasteiger partial charge is 0.490 e. The van der Waals surface area contributed by atoms with E-state index in [9.17, 15) is 9.59 Å². The molecular formula is C27H29N3O4. The summed E-state index contributed by atoms with van der Waals surface area (Å²) < 4.78 is 11.2. The van der Waals surface area contributed by atoms with Crippen molar-refractivity contribution in [3.05, 3.63) is 95.6 Å². The number of hydrogen-bond acceptors (Lipinski definition) is 5. The molecule has 7 heteroatoms. The third-order valence-electron chi connectivity index (χ3n) is 4.90. The second-order valence-corrected chi connectivity index (χ2v) is 7.37. The third-order valence-corrected chi connectivity index (χ3v) is 4.90. The number of hydrazone groups is 1. The maximum atomic E-state index is 12.7. The molecule has 0 spiro atoms. The number of carbonyl (C=O) groups excluding carboxylic acids is 2. The average Bonchev–Trinajstić information content (AvgIpc) is 2.86. The zero-order chi connectivity index (χ0) is 24.2. The first kappa shape index (κ1) is 24.5. The molecule has 34 heavy (non-hydrogen) atoms. The van der Waals surface area contributed by atoms with E-state index in [2.05, 4.69) is 15.8 Å². The number of nitrogens with one attached hydrogen (secondary N) is 2. The summed E-state index contributed by atoms with van der Waals surface area (Å²) in [7, 11) is 0. The van der Waals surface area contributed by atoms with Crippen LogP contribution in [-0.4, -0.2) is 31.2 Å². The van der Waals surface area contributed by atoms with E-state index in [0.29, 0.717) is 30.3 Å². The Bertz CT molecular complexity index is 1100. The van der Waals surface area contributed by atoms with Gasteiger partial charge in [0.15, 0.2) is 11.5 Å². The molecule has 0 bridgehead atoms. The van der Waals surface area contributed by atoms with E-state index < -0.39 is 6.04 Å². The molecule has 2 amide bonds. The summed E-state index contributed by atoms with van der Waals surface area (Å²) in [6, 6.07) is 23.2. The van der Waals surface area contributed by atoms with Gasteiger partial charge in [-0.25, -0.2) is 5.43 Å². The number of nitrogens with zero attached hydrogens (tertiary/aromatic N) is 1. The van der Waals surface area contributed by atoms with E-state index in [4.69, 9.17) is 9.47 Å². The lowest BCUT2D eigenvalue weighted by molar-refractivity contribution is -0.121. The van der Waals surface area contributed by atoms with Crippen molar-refractivity contribution in [2.45, 2.75) is 26.3 Å². The summed E-state index contributed by atoms with van der Waals surface area (Å²) in [6.45, 7) is 4.85. The Morgan fingerprint density at radius 1 is 0.882 bits per heavy atom. The highest BCUT2D eigenvalue weighted by atomic mass is 16.5. The van der Waals surface area contributed by atoms with Gasteiger partial charge in [0.25, 0.3) is 5.91 Å². The molecule has 0 aliphatic rings. The summed E-state index contributed by atoms with van der Waals surface area (Å²) in [5.41, 5.74) is 4.66. The molecular weight excluding hydrogens is 430 g/mol. The Labute approximate surface area is 199 Å². The third kappa shape index (κ3) is 7.20. The smallest absolute Gasteiger partial charge is 0.251 e. The second-order valence-electron chi connectivity index (χ2n) is 7.37. The molecule has 7 nitrogen and oxygen atoms in total. The zero-order valence-corrected chi connectivity index (χ0v) is 19.4. The number of ether oxygens (including phenoxy) is 2. The molecule has 2 N–H and O–H groups in total. The molecule has 0 saturated carbocycles. The van der Waals surface area contributed by atoms with E-state index in [1.165, 1.54) is 6.21 Å². The van der Waals surface area contributed by atoms with Gasteiger partial charge in [0.2, 0.25) is 5.91 Å². The van der Waals surface area contributed by atoms with Gasteiger partial charge in [-0.05, 0) is 55.3 Å². The molecule has 0 aromatic heterocycles. The minimum atomic E-state index is -0.501.